The predicted octanol–water partition coefficient (Wildman–Crippen LogP) is 3.63. The molecule has 0 atom stereocenters. The van der Waals surface area contributed by atoms with Crippen molar-refractivity contribution in [3.63, 3.8) is 0 Å². The SMILES string of the molecule is CCc1nn(C)c(Oc2cc(C)c(Cl)c(C)c2)c1N. The van der Waals surface area contributed by atoms with E-state index in [-0.39, 0.29) is 0 Å². The number of aromatic nitrogens is 2. The first-order chi connectivity index (χ1) is 8.93. The van der Waals surface area contributed by atoms with Crippen LogP contribution in [-0.4, -0.2) is 9.78 Å². The highest BCUT2D eigenvalue weighted by Gasteiger charge is 2.14. The fourth-order valence-corrected chi connectivity index (χ4v) is 2.15. The molecular formula is C14H18ClN3O. The van der Waals surface area contributed by atoms with Crippen molar-refractivity contribution in [2.75, 3.05) is 5.73 Å². The second-order valence-corrected chi connectivity index (χ2v) is 4.99. The van der Waals surface area contributed by atoms with Gasteiger partial charge in [-0.25, -0.2) is 4.68 Å². The third-order valence-corrected chi connectivity index (χ3v) is 3.66. The number of benzene rings is 1. The highest BCUT2D eigenvalue weighted by Crippen LogP contribution is 2.33. The summed E-state index contributed by atoms with van der Waals surface area (Å²) in [5, 5.41) is 5.09. The minimum Gasteiger partial charge on any atom is -0.437 e. The number of ether oxygens (including phenoxy) is 1. The Bertz CT molecular complexity index is 596. The third kappa shape index (κ3) is 2.54. The summed E-state index contributed by atoms with van der Waals surface area (Å²) < 4.78 is 7.52. The molecule has 2 rings (SSSR count). The summed E-state index contributed by atoms with van der Waals surface area (Å²) in [6.45, 7) is 5.91. The maximum atomic E-state index is 6.14. The molecule has 0 saturated heterocycles. The van der Waals surface area contributed by atoms with Crippen molar-refractivity contribution in [2.24, 2.45) is 7.05 Å². The van der Waals surface area contributed by atoms with E-state index in [2.05, 4.69) is 5.10 Å². The lowest BCUT2D eigenvalue weighted by atomic mass is 10.1. The average molecular weight is 280 g/mol. The van der Waals surface area contributed by atoms with E-state index in [1.165, 1.54) is 0 Å². The molecule has 0 aliphatic carbocycles. The lowest BCUT2D eigenvalue weighted by molar-refractivity contribution is 0.432. The Labute approximate surface area is 118 Å². The van der Waals surface area contributed by atoms with Crippen LogP contribution in [0.25, 0.3) is 0 Å². The lowest BCUT2D eigenvalue weighted by Gasteiger charge is -2.10. The van der Waals surface area contributed by atoms with Crippen LogP contribution in [0.15, 0.2) is 12.1 Å². The van der Waals surface area contributed by atoms with E-state index in [1.54, 1.807) is 4.68 Å². The van der Waals surface area contributed by atoms with Crippen LogP contribution in [0.4, 0.5) is 5.69 Å². The first-order valence-electron chi connectivity index (χ1n) is 6.20. The molecule has 0 fully saturated rings. The van der Waals surface area contributed by atoms with Crippen molar-refractivity contribution in [1.29, 1.82) is 0 Å². The van der Waals surface area contributed by atoms with Gasteiger partial charge in [-0.2, -0.15) is 5.10 Å². The highest BCUT2D eigenvalue weighted by atomic mass is 35.5. The number of hydrogen-bond donors (Lipinski definition) is 1. The van der Waals surface area contributed by atoms with Gasteiger partial charge in [0.25, 0.3) is 0 Å². The summed E-state index contributed by atoms with van der Waals surface area (Å²) in [5.74, 6) is 1.29. The van der Waals surface area contributed by atoms with Crippen molar-refractivity contribution in [3.8, 4) is 11.6 Å². The van der Waals surface area contributed by atoms with Crippen LogP contribution in [-0.2, 0) is 13.5 Å². The van der Waals surface area contributed by atoms with Crippen LogP contribution in [0, 0.1) is 13.8 Å². The second kappa shape index (κ2) is 5.13. The zero-order valence-electron chi connectivity index (χ0n) is 11.6. The van der Waals surface area contributed by atoms with E-state index >= 15 is 0 Å². The monoisotopic (exact) mass is 279 g/mol. The average Bonchev–Trinajstić information content (AvgIpc) is 2.63. The number of halogens is 1. The van der Waals surface area contributed by atoms with Gasteiger partial charge in [-0.15, -0.1) is 0 Å². The number of anilines is 1. The summed E-state index contributed by atoms with van der Waals surface area (Å²) in [6, 6.07) is 3.79. The summed E-state index contributed by atoms with van der Waals surface area (Å²) >= 11 is 6.14. The number of hydrogen-bond acceptors (Lipinski definition) is 3. The van der Waals surface area contributed by atoms with Crippen LogP contribution in [0.3, 0.4) is 0 Å². The zero-order valence-corrected chi connectivity index (χ0v) is 12.4. The largest absolute Gasteiger partial charge is 0.437 e. The Morgan fingerprint density at radius 2 is 1.89 bits per heavy atom. The second-order valence-electron chi connectivity index (χ2n) is 4.62. The fourth-order valence-electron chi connectivity index (χ4n) is 2.04. The number of rotatable bonds is 3. The van der Waals surface area contributed by atoms with Crippen LogP contribution in [0.1, 0.15) is 23.7 Å². The molecular weight excluding hydrogens is 262 g/mol. The maximum Gasteiger partial charge on any atom is 0.241 e. The minimum absolute atomic E-state index is 0.568. The van der Waals surface area contributed by atoms with E-state index in [1.807, 2.05) is 40.0 Å². The molecule has 0 aliphatic rings. The molecule has 0 unspecified atom stereocenters. The smallest absolute Gasteiger partial charge is 0.241 e. The Kier molecular flexibility index (Phi) is 3.71. The first-order valence-corrected chi connectivity index (χ1v) is 6.57. The third-order valence-electron chi connectivity index (χ3n) is 3.07. The molecule has 5 heteroatoms. The Morgan fingerprint density at radius 3 is 2.37 bits per heavy atom. The van der Waals surface area contributed by atoms with Crippen LogP contribution < -0.4 is 10.5 Å². The molecule has 2 aromatic rings. The molecule has 102 valence electrons. The predicted molar refractivity (Wildman–Crippen MR) is 78.0 cm³/mol. The van der Waals surface area contributed by atoms with Crippen molar-refractivity contribution in [1.82, 2.24) is 9.78 Å². The first kappa shape index (κ1) is 13.7. The van der Waals surface area contributed by atoms with Gasteiger partial charge in [-0.3, -0.25) is 0 Å². The zero-order chi connectivity index (χ0) is 14.2. The van der Waals surface area contributed by atoms with Crippen LogP contribution in [0.5, 0.6) is 11.6 Å². The summed E-state index contributed by atoms with van der Waals surface area (Å²) in [7, 11) is 1.82. The Morgan fingerprint density at radius 1 is 1.32 bits per heavy atom. The topological polar surface area (TPSA) is 53.1 Å². The molecule has 0 radical (unpaired) electrons. The van der Waals surface area contributed by atoms with Gasteiger partial charge in [0.05, 0.1) is 5.69 Å². The number of nitrogen functional groups attached to an aromatic ring is 1. The summed E-state index contributed by atoms with van der Waals surface area (Å²) in [4.78, 5) is 0. The molecule has 0 saturated carbocycles. The summed E-state index contributed by atoms with van der Waals surface area (Å²) in [5.41, 5.74) is 9.43. The van der Waals surface area contributed by atoms with Gasteiger partial charge < -0.3 is 10.5 Å². The van der Waals surface area contributed by atoms with E-state index in [4.69, 9.17) is 22.1 Å². The highest BCUT2D eigenvalue weighted by molar-refractivity contribution is 6.32. The molecule has 0 spiro atoms. The van der Waals surface area contributed by atoms with Gasteiger partial charge in [0.15, 0.2) is 0 Å². The van der Waals surface area contributed by atoms with Gasteiger partial charge in [-0.05, 0) is 43.5 Å². The van der Waals surface area contributed by atoms with Crippen LogP contribution >= 0.6 is 11.6 Å². The normalized spacial score (nSPS) is 10.8. The Hall–Kier alpha value is -1.68. The molecule has 0 amide bonds. The molecule has 1 aromatic heterocycles. The van der Waals surface area contributed by atoms with Crippen molar-refractivity contribution < 1.29 is 4.74 Å². The van der Waals surface area contributed by atoms with E-state index in [9.17, 15) is 0 Å². The molecule has 0 bridgehead atoms. The van der Waals surface area contributed by atoms with Gasteiger partial charge in [-0.1, -0.05) is 18.5 Å². The molecule has 1 heterocycles. The molecule has 0 aliphatic heterocycles. The van der Waals surface area contributed by atoms with E-state index in [0.717, 1.165) is 34.0 Å². The minimum atomic E-state index is 0.568. The van der Waals surface area contributed by atoms with E-state index in [0.29, 0.717) is 11.6 Å². The van der Waals surface area contributed by atoms with Gasteiger partial charge in [0, 0.05) is 12.1 Å². The number of nitrogens with zero attached hydrogens (tertiary/aromatic N) is 2. The van der Waals surface area contributed by atoms with E-state index < -0.39 is 0 Å². The maximum absolute atomic E-state index is 6.14. The standard InChI is InChI=1S/C14H18ClN3O/c1-5-11-13(16)14(18(4)17-11)19-10-6-8(2)12(15)9(3)7-10/h6-7H,5,16H2,1-4H3. The lowest BCUT2D eigenvalue weighted by Crippen LogP contribution is -1.98. The van der Waals surface area contributed by atoms with Gasteiger partial charge >= 0.3 is 0 Å². The Balaban J connectivity index is 2.39. The van der Waals surface area contributed by atoms with Gasteiger partial charge in [0.1, 0.15) is 11.4 Å². The molecule has 19 heavy (non-hydrogen) atoms. The van der Waals surface area contributed by atoms with Crippen LogP contribution in [0.2, 0.25) is 5.02 Å². The molecule has 4 nitrogen and oxygen atoms in total. The number of nitrogens with two attached hydrogens (primary N) is 1. The summed E-state index contributed by atoms with van der Waals surface area (Å²) in [6.07, 6.45) is 0.779. The number of aryl methyl sites for hydroxylation is 4. The fraction of sp³-hybridized carbons (Fsp3) is 0.357. The quantitative estimate of drug-likeness (QED) is 0.933. The molecule has 1 aromatic carbocycles. The van der Waals surface area contributed by atoms with Crippen molar-refractivity contribution in [2.45, 2.75) is 27.2 Å². The van der Waals surface area contributed by atoms with Gasteiger partial charge in [0.2, 0.25) is 5.88 Å². The molecule has 2 N–H and O–H groups in total. The van der Waals surface area contributed by atoms with Crippen molar-refractivity contribution >= 4 is 17.3 Å². The van der Waals surface area contributed by atoms with Crippen molar-refractivity contribution in [3.05, 3.63) is 34.0 Å².